The van der Waals surface area contributed by atoms with Gasteiger partial charge in [-0.2, -0.15) is 12.7 Å². The van der Waals surface area contributed by atoms with Crippen molar-refractivity contribution < 1.29 is 13.2 Å². The van der Waals surface area contributed by atoms with Crippen molar-refractivity contribution in [3.05, 3.63) is 35.9 Å². The van der Waals surface area contributed by atoms with Crippen LogP contribution in [0.5, 0.6) is 0 Å². The Balaban J connectivity index is 1.95. The molecule has 1 aliphatic rings. The lowest BCUT2D eigenvalue weighted by molar-refractivity contribution is -0.127. The van der Waals surface area contributed by atoms with Crippen LogP contribution in [0.2, 0.25) is 0 Å². The minimum Gasteiger partial charge on any atom is -0.348 e. The maximum Gasteiger partial charge on any atom is 0.276 e. The van der Waals surface area contributed by atoms with Crippen LogP contribution in [-0.2, 0) is 15.0 Å². The standard InChI is InChI=1S/C17H28N4O3S/c1-3-7-16(15-8-5-4-6-9-15)19-17(22)14(2)20-10-12-21(13-11-20)25(18,23)24/h4-6,8-9,14,16H,3,7,10-13H2,1-2H3,(H,19,22)(H2,18,23,24). The molecule has 0 aliphatic carbocycles. The van der Waals surface area contributed by atoms with Crippen molar-refractivity contribution in [1.29, 1.82) is 0 Å². The third-order valence-corrected chi connectivity index (χ3v) is 5.74. The van der Waals surface area contributed by atoms with Gasteiger partial charge in [0.1, 0.15) is 0 Å². The van der Waals surface area contributed by atoms with E-state index in [-0.39, 0.29) is 18.0 Å². The molecule has 3 N–H and O–H groups in total. The molecule has 2 unspecified atom stereocenters. The number of amides is 1. The van der Waals surface area contributed by atoms with Gasteiger partial charge in [0.15, 0.2) is 0 Å². The molecule has 2 atom stereocenters. The van der Waals surface area contributed by atoms with E-state index < -0.39 is 10.2 Å². The first-order valence-corrected chi connectivity index (χ1v) is 10.2. The molecule has 1 amide bonds. The third-order valence-electron chi connectivity index (χ3n) is 4.66. The molecule has 1 aromatic rings. The predicted molar refractivity (Wildman–Crippen MR) is 97.9 cm³/mol. The van der Waals surface area contributed by atoms with Gasteiger partial charge in [0.25, 0.3) is 10.2 Å². The second kappa shape index (κ2) is 8.75. The molecular formula is C17H28N4O3S. The van der Waals surface area contributed by atoms with Crippen molar-refractivity contribution in [2.24, 2.45) is 5.14 Å². The zero-order chi connectivity index (χ0) is 18.4. The van der Waals surface area contributed by atoms with Gasteiger partial charge in [0.2, 0.25) is 5.91 Å². The maximum absolute atomic E-state index is 12.7. The summed E-state index contributed by atoms with van der Waals surface area (Å²) in [4.78, 5) is 14.7. The zero-order valence-corrected chi connectivity index (χ0v) is 15.7. The van der Waals surface area contributed by atoms with E-state index in [4.69, 9.17) is 5.14 Å². The second-order valence-corrected chi connectivity index (χ2v) is 7.96. The average molecular weight is 369 g/mol. The number of nitrogens with two attached hydrogens (primary N) is 1. The minimum atomic E-state index is -3.65. The summed E-state index contributed by atoms with van der Waals surface area (Å²) in [5.74, 6) is -0.0358. The molecule has 1 fully saturated rings. The van der Waals surface area contributed by atoms with Crippen LogP contribution in [-0.4, -0.2) is 55.8 Å². The first-order valence-electron chi connectivity index (χ1n) is 8.70. The van der Waals surface area contributed by atoms with Gasteiger partial charge in [0, 0.05) is 26.2 Å². The van der Waals surface area contributed by atoms with E-state index in [1.807, 2.05) is 42.2 Å². The Labute approximate surface area is 150 Å². The summed E-state index contributed by atoms with van der Waals surface area (Å²) in [6, 6.07) is 9.63. The monoisotopic (exact) mass is 368 g/mol. The number of nitrogens with zero attached hydrogens (tertiary/aromatic N) is 2. The van der Waals surface area contributed by atoms with Gasteiger partial charge >= 0.3 is 0 Å². The Morgan fingerprint density at radius 1 is 1.20 bits per heavy atom. The van der Waals surface area contributed by atoms with Crippen LogP contribution >= 0.6 is 0 Å². The van der Waals surface area contributed by atoms with Crippen molar-refractivity contribution in [3.63, 3.8) is 0 Å². The van der Waals surface area contributed by atoms with Crippen molar-refractivity contribution in [2.75, 3.05) is 26.2 Å². The second-order valence-electron chi connectivity index (χ2n) is 6.42. The highest BCUT2D eigenvalue weighted by Gasteiger charge is 2.30. The minimum absolute atomic E-state index is 0.00754. The van der Waals surface area contributed by atoms with Crippen LogP contribution in [0.4, 0.5) is 0 Å². The Hall–Kier alpha value is -1.48. The van der Waals surface area contributed by atoms with Crippen molar-refractivity contribution in [3.8, 4) is 0 Å². The van der Waals surface area contributed by atoms with Crippen LogP contribution in [0, 0.1) is 0 Å². The van der Waals surface area contributed by atoms with Crippen LogP contribution < -0.4 is 10.5 Å². The Morgan fingerprint density at radius 3 is 2.32 bits per heavy atom. The van der Waals surface area contributed by atoms with Crippen LogP contribution in [0.25, 0.3) is 0 Å². The fourth-order valence-corrected chi connectivity index (χ4v) is 3.77. The Morgan fingerprint density at radius 2 is 1.80 bits per heavy atom. The van der Waals surface area contributed by atoms with E-state index in [1.165, 1.54) is 4.31 Å². The van der Waals surface area contributed by atoms with Gasteiger partial charge < -0.3 is 5.32 Å². The molecule has 1 saturated heterocycles. The number of hydrogen-bond acceptors (Lipinski definition) is 4. The topological polar surface area (TPSA) is 95.7 Å². The van der Waals surface area contributed by atoms with E-state index in [1.54, 1.807) is 0 Å². The number of piperazine rings is 1. The summed E-state index contributed by atoms with van der Waals surface area (Å²) in [5.41, 5.74) is 1.10. The molecule has 1 aromatic carbocycles. The fourth-order valence-electron chi connectivity index (χ4n) is 3.10. The van der Waals surface area contributed by atoms with Crippen molar-refractivity contribution in [2.45, 2.75) is 38.8 Å². The molecule has 8 heteroatoms. The SMILES string of the molecule is CCCC(NC(=O)C(C)N1CCN(S(N)(=O)=O)CC1)c1ccccc1. The summed E-state index contributed by atoms with van der Waals surface area (Å²) in [6.07, 6.45) is 1.85. The number of benzene rings is 1. The zero-order valence-electron chi connectivity index (χ0n) is 14.9. The molecule has 0 bridgehead atoms. The number of carbonyl (C=O) groups is 1. The summed E-state index contributed by atoms with van der Waals surface area (Å²) < 4.78 is 24.0. The lowest BCUT2D eigenvalue weighted by Crippen LogP contribution is -2.56. The highest BCUT2D eigenvalue weighted by molar-refractivity contribution is 7.86. The summed E-state index contributed by atoms with van der Waals surface area (Å²) in [5, 5.41) is 8.29. The number of nitrogens with one attached hydrogen (secondary N) is 1. The highest BCUT2D eigenvalue weighted by atomic mass is 32.2. The van der Waals surface area contributed by atoms with E-state index in [9.17, 15) is 13.2 Å². The van der Waals surface area contributed by atoms with E-state index in [2.05, 4.69) is 12.2 Å². The molecule has 0 radical (unpaired) electrons. The van der Waals surface area contributed by atoms with E-state index in [0.29, 0.717) is 26.2 Å². The predicted octanol–water partition coefficient (Wildman–Crippen LogP) is 0.854. The molecule has 1 aliphatic heterocycles. The largest absolute Gasteiger partial charge is 0.348 e. The first kappa shape index (κ1) is 19.8. The maximum atomic E-state index is 12.7. The van der Waals surface area contributed by atoms with Crippen molar-refractivity contribution >= 4 is 16.1 Å². The molecule has 7 nitrogen and oxygen atoms in total. The third kappa shape index (κ3) is 5.50. The molecule has 1 heterocycles. The van der Waals surface area contributed by atoms with Crippen LogP contribution in [0.15, 0.2) is 30.3 Å². The van der Waals surface area contributed by atoms with Crippen LogP contribution in [0.3, 0.4) is 0 Å². The molecule has 2 rings (SSSR count). The summed E-state index contributed by atoms with van der Waals surface area (Å²) in [7, 11) is -3.65. The molecule has 140 valence electrons. The lowest BCUT2D eigenvalue weighted by atomic mass is 10.0. The smallest absolute Gasteiger partial charge is 0.276 e. The quantitative estimate of drug-likeness (QED) is 0.746. The number of carbonyl (C=O) groups excluding carboxylic acids is 1. The van der Waals surface area contributed by atoms with Gasteiger partial charge in [-0.1, -0.05) is 43.7 Å². The molecular weight excluding hydrogens is 340 g/mol. The highest BCUT2D eigenvalue weighted by Crippen LogP contribution is 2.19. The first-order chi connectivity index (χ1) is 11.8. The molecule has 0 aromatic heterocycles. The number of rotatable bonds is 7. The molecule has 0 saturated carbocycles. The van der Waals surface area contributed by atoms with E-state index >= 15 is 0 Å². The normalized spacial score (nSPS) is 19.3. The Bertz CT molecular complexity index is 658. The fraction of sp³-hybridized carbons (Fsp3) is 0.588. The molecule has 25 heavy (non-hydrogen) atoms. The lowest BCUT2D eigenvalue weighted by Gasteiger charge is -2.36. The van der Waals surface area contributed by atoms with Crippen LogP contribution in [0.1, 0.15) is 38.3 Å². The Kier molecular flexibility index (Phi) is 6.95. The van der Waals surface area contributed by atoms with Gasteiger partial charge in [-0.05, 0) is 18.9 Å². The summed E-state index contributed by atoms with van der Waals surface area (Å²) in [6.45, 7) is 5.57. The van der Waals surface area contributed by atoms with Gasteiger partial charge in [0.05, 0.1) is 12.1 Å². The summed E-state index contributed by atoms with van der Waals surface area (Å²) >= 11 is 0. The van der Waals surface area contributed by atoms with Gasteiger partial charge in [-0.15, -0.1) is 0 Å². The van der Waals surface area contributed by atoms with Crippen molar-refractivity contribution in [1.82, 2.24) is 14.5 Å². The van der Waals surface area contributed by atoms with E-state index in [0.717, 1.165) is 18.4 Å². The van der Waals surface area contributed by atoms with Gasteiger partial charge in [-0.25, -0.2) is 5.14 Å². The van der Waals surface area contributed by atoms with Gasteiger partial charge in [-0.3, -0.25) is 9.69 Å². The molecule has 0 spiro atoms. The number of hydrogen-bond donors (Lipinski definition) is 2. The average Bonchev–Trinajstić information content (AvgIpc) is 2.60.